The molecule has 0 saturated heterocycles. The summed E-state index contributed by atoms with van der Waals surface area (Å²) in [6, 6.07) is 25.2. The number of hydrogen-bond donors (Lipinski definition) is 1. The van der Waals surface area contributed by atoms with Crippen LogP contribution in [0.1, 0.15) is 61.2 Å². The number of benzene rings is 3. The van der Waals surface area contributed by atoms with Crippen LogP contribution < -0.4 is 4.74 Å². The summed E-state index contributed by atoms with van der Waals surface area (Å²) >= 11 is 0. The van der Waals surface area contributed by atoms with Gasteiger partial charge in [-0.15, -0.1) is 0 Å². The highest BCUT2D eigenvalue weighted by atomic mass is 16.6. The molecule has 5 aromatic rings. The average molecular weight is 670 g/mol. The van der Waals surface area contributed by atoms with Crippen molar-refractivity contribution in [2.45, 2.75) is 58.5 Å². The molecule has 2 aromatic heterocycles. The molecule has 2 aliphatic rings. The number of ether oxygens (including phenoxy) is 3. The number of carbonyl (C=O) groups excluding carboxylic acids is 3. The molecule has 1 unspecified atom stereocenters. The fourth-order valence-corrected chi connectivity index (χ4v) is 6.45. The molecule has 0 fully saturated rings. The van der Waals surface area contributed by atoms with Crippen LogP contribution in [0.15, 0.2) is 97.3 Å². The molecule has 0 saturated carbocycles. The minimum atomic E-state index is -0.769. The van der Waals surface area contributed by atoms with Crippen molar-refractivity contribution in [1.82, 2.24) is 14.5 Å². The largest absolute Gasteiger partial charge is 0.489 e. The number of H-pyrrole nitrogens is 1. The Hall–Kier alpha value is -5.67. The van der Waals surface area contributed by atoms with Gasteiger partial charge in [-0.25, -0.2) is 4.79 Å². The van der Waals surface area contributed by atoms with Crippen LogP contribution in [0.4, 0.5) is 4.79 Å². The maximum atomic E-state index is 13.9. The normalized spacial score (nSPS) is 17.5. The zero-order chi connectivity index (χ0) is 35.2. The molecular formula is C41H39N3O6. The van der Waals surface area contributed by atoms with E-state index in [1.807, 2.05) is 85.8 Å². The Kier molecular flexibility index (Phi) is 8.32. The van der Waals surface area contributed by atoms with Gasteiger partial charge < -0.3 is 19.2 Å². The third-order valence-corrected chi connectivity index (χ3v) is 8.99. The topological polar surface area (TPSA) is 103 Å². The average Bonchev–Trinajstić information content (AvgIpc) is 3.74. The van der Waals surface area contributed by atoms with Gasteiger partial charge in [0.2, 0.25) is 0 Å². The van der Waals surface area contributed by atoms with Crippen LogP contribution in [0.3, 0.4) is 0 Å². The van der Waals surface area contributed by atoms with Gasteiger partial charge in [0.05, 0.1) is 28.9 Å². The van der Waals surface area contributed by atoms with Gasteiger partial charge in [-0.05, 0) is 51.0 Å². The fourth-order valence-electron chi connectivity index (χ4n) is 6.45. The van der Waals surface area contributed by atoms with E-state index in [9.17, 15) is 14.4 Å². The zero-order valence-corrected chi connectivity index (χ0v) is 28.8. The second-order valence-corrected chi connectivity index (χ2v) is 14.0. The van der Waals surface area contributed by atoms with Gasteiger partial charge in [0.1, 0.15) is 18.0 Å². The fraction of sp³-hybridized carbons (Fsp3) is 0.244. The number of rotatable bonds is 8. The first-order valence-electron chi connectivity index (χ1n) is 16.6. The SMILES string of the molecule is CN1C(=O)C(c2c[nH]c3c2C=CC(C)(OCc2ccccc2)C3)=C(c2cn(C(=O)OC(C)(C)C)c3cc(OCc4ccccc4)ccc23)C1=O. The summed E-state index contributed by atoms with van der Waals surface area (Å²) in [4.78, 5) is 45.9. The summed E-state index contributed by atoms with van der Waals surface area (Å²) in [5.41, 5.74) is 4.48. The molecule has 3 aromatic carbocycles. The molecule has 0 spiro atoms. The summed E-state index contributed by atoms with van der Waals surface area (Å²) in [6.07, 6.45) is 7.26. The first-order chi connectivity index (χ1) is 23.9. The van der Waals surface area contributed by atoms with Gasteiger partial charge in [0, 0.05) is 59.7 Å². The lowest BCUT2D eigenvalue weighted by Gasteiger charge is -2.29. The van der Waals surface area contributed by atoms with Gasteiger partial charge >= 0.3 is 6.09 Å². The molecule has 3 heterocycles. The number of carbonyl (C=O) groups is 3. The van der Waals surface area contributed by atoms with Crippen molar-refractivity contribution >= 4 is 46.0 Å². The van der Waals surface area contributed by atoms with E-state index in [2.05, 4.69) is 4.98 Å². The number of amides is 2. The highest BCUT2D eigenvalue weighted by Gasteiger charge is 2.41. The smallest absolute Gasteiger partial charge is 0.419 e. The Morgan fingerprint density at radius 1 is 0.880 bits per heavy atom. The molecule has 50 heavy (non-hydrogen) atoms. The van der Waals surface area contributed by atoms with Crippen LogP contribution in [0.2, 0.25) is 0 Å². The predicted octanol–water partition coefficient (Wildman–Crippen LogP) is 7.79. The number of imide groups is 1. The highest BCUT2D eigenvalue weighted by Crippen LogP contribution is 2.43. The number of nitrogens with one attached hydrogen (secondary N) is 1. The summed E-state index contributed by atoms with van der Waals surface area (Å²) in [6.45, 7) is 8.20. The Balaban J connectivity index is 1.30. The maximum absolute atomic E-state index is 13.9. The minimum absolute atomic E-state index is 0.214. The van der Waals surface area contributed by atoms with Crippen molar-refractivity contribution in [2.75, 3.05) is 7.05 Å². The van der Waals surface area contributed by atoms with E-state index in [-0.39, 0.29) is 11.1 Å². The molecule has 9 nitrogen and oxygen atoms in total. The van der Waals surface area contributed by atoms with Crippen molar-refractivity contribution in [3.8, 4) is 5.75 Å². The standard InChI is InChI=1S/C41H39N3O6/c1-40(2,3)50-39(47)44-23-32(30-17-16-28(20-34(30)44)48-24-26-12-8-6-9-13-26)36-35(37(45)43(5)38(36)46)31-22-42-33-21-41(4,19-18-29(31)33)49-25-27-14-10-7-11-15-27/h6-20,22-23,42H,21,24-25H2,1-5H3. The van der Waals surface area contributed by atoms with E-state index in [1.165, 1.54) is 11.6 Å². The second kappa shape index (κ2) is 12.7. The maximum Gasteiger partial charge on any atom is 0.419 e. The predicted molar refractivity (Wildman–Crippen MR) is 192 cm³/mol. The van der Waals surface area contributed by atoms with Gasteiger partial charge in [0.15, 0.2) is 0 Å². The van der Waals surface area contributed by atoms with Crippen molar-refractivity contribution in [2.24, 2.45) is 0 Å². The van der Waals surface area contributed by atoms with Gasteiger partial charge in [0.25, 0.3) is 11.8 Å². The Morgan fingerprint density at radius 2 is 1.52 bits per heavy atom. The lowest BCUT2D eigenvalue weighted by Crippen LogP contribution is -2.31. The van der Waals surface area contributed by atoms with Crippen LogP contribution in [-0.2, 0) is 38.7 Å². The number of hydrogen-bond acceptors (Lipinski definition) is 6. The Bertz CT molecular complexity index is 2190. The molecule has 1 aliphatic carbocycles. The molecule has 7 rings (SSSR count). The van der Waals surface area contributed by atoms with Crippen LogP contribution in [0, 0.1) is 0 Å². The molecule has 0 bridgehead atoms. The first-order valence-corrected chi connectivity index (χ1v) is 16.6. The van der Waals surface area contributed by atoms with Crippen molar-refractivity contribution in [1.29, 1.82) is 0 Å². The zero-order valence-electron chi connectivity index (χ0n) is 28.8. The van der Waals surface area contributed by atoms with Crippen LogP contribution in [0.25, 0.3) is 28.1 Å². The Morgan fingerprint density at radius 3 is 2.18 bits per heavy atom. The van der Waals surface area contributed by atoms with Gasteiger partial charge in [-0.3, -0.25) is 19.1 Å². The molecule has 1 aliphatic heterocycles. The van der Waals surface area contributed by atoms with Gasteiger partial charge in [-0.1, -0.05) is 72.8 Å². The van der Waals surface area contributed by atoms with Gasteiger partial charge in [-0.2, -0.15) is 0 Å². The van der Waals surface area contributed by atoms with E-state index < -0.39 is 29.1 Å². The lowest BCUT2D eigenvalue weighted by molar-refractivity contribution is -0.134. The summed E-state index contributed by atoms with van der Waals surface area (Å²) in [5.74, 6) is -0.336. The van der Waals surface area contributed by atoms with Crippen LogP contribution in [0.5, 0.6) is 5.75 Å². The first kappa shape index (κ1) is 32.9. The molecule has 0 radical (unpaired) electrons. The number of fused-ring (bicyclic) bond motifs is 2. The van der Waals surface area contributed by atoms with E-state index in [1.54, 1.807) is 45.3 Å². The summed E-state index contributed by atoms with van der Waals surface area (Å²) in [5, 5.41) is 0.605. The molecule has 1 N–H and O–H groups in total. The number of aromatic nitrogens is 2. The molecule has 9 heteroatoms. The number of nitrogens with zero attached hydrogens (tertiary/aromatic N) is 2. The molecule has 254 valence electrons. The minimum Gasteiger partial charge on any atom is -0.489 e. The third kappa shape index (κ3) is 6.28. The van der Waals surface area contributed by atoms with Crippen molar-refractivity contribution in [3.63, 3.8) is 0 Å². The third-order valence-electron chi connectivity index (χ3n) is 8.99. The van der Waals surface area contributed by atoms with E-state index in [0.717, 1.165) is 27.3 Å². The van der Waals surface area contributed by atoms with E-state index >= 15 is 0 Å². The van der Waals surface area contributed by atoms with E-state index in [0.29, 0.717) is 47.4 Å². The lowest BCUT2D eigenvalue weighted by atomic mass is 9.87. The number of aromatic amines is 1. The second-order valence-electron chi connectivity index (χ2n) is 14.0. The molecule has 1 atom stereocenters. The van der Waals surface area contributed by atoms with Crippen molar-refractivity contribution in [3.05, 3.63) is 131 Å². The van der Waals surface area contributed by atoms with E-state index in [4.69, 9.17) is 14.2 Å². The van der Waals surface area contributed by atoms with Crippen LogP contribution >= 0.6 is 0 Å². The highest BCUT2D eigenvalue weighted by molar-refractivity contribution is 6.50. The Labute approximate surface area is 290 Å². The quantitative estimate of drug-likeness (QED) is 0.169. The summed E-state index contributed by atoms with van der Waals surface area (Å²) in [7, 11) is 1.48. The molecule has 2 amide bonds. The monoisotopic (exact) mass is 669 g/mol. The molecular weight excluding hydrogens is 630 g/mol. The number of likely N-dealkylation sites (N-methyl/N-ethyl adjacent to an activating group) is 1. The van der Waals surface area contributed by atoms with Crippen molar-refractivity contribution < 1.29 is 28.6 Å². The van der Waals surface area contributed by atoms with Crippen LogP contribution in [-0.4, -0.2) is 50.6 Å². The summed E-state index contributed by atoms with van der Waals surface area (Å²) < 4.78 is 19.6.